The van der Waals surface area contributed by atoms with Crippen LogP contribution in [0.3, 0.4) is 0 Å². The summed E-state index contributed by atoms with van der Waals surface area (Å²) >= 11 is 0. The first-order chi connectivity index (χ1) is 7.19. The molecule has 80 valence electrons. The molecule has 0 amide bonds. The largest absolute Gasteiger partial charge is 0.309 e. The fourth-order valence-electron chi connectivity index (χ4n) is 1.56. The fraction of sp³-hybridized carbons (Fsp3) is 0.385. The lowest BCUT2D eigenvalue weighted by atomic mass is 10.0. The van der Waals surface area contributed by atoms with Gasteiger partial charge in [0.15, 0.2) is 0 Å². The normalized spacial score (nSPS) is 12.1. The van der Waals surface area contributed by atoms with E-state index in [0.717, 1.165) is 12.1 Å². The molecule has 2 heteroatoms. The lowest BCUT2D eigenvalue weighted by Gasteiger charge is -2.16. The molecule has 0 saturated heterocycles. The van der Waals surface area contributed by atoms with Crippen molar-refractivity contribution in [1.29, 1.82) is 0 Å². The Hall–Kier alpha value is -1.33. The molecule has 0 aliphatic heterocycles. The highest BCUT2D eigenvalue weighted by Gasteiger charge is 2.09. The van der Waals surface area contributed by atoms with Crippen LogP contribution in [0.15, 0.2) is 18.2 Å². The van der Waals surface area contributed by atoms with E-state index in [1.54, 1.807) is 13.0 Å². The lowest BCUT2D eigenvalue weighted by Crippen LogP contribution is -2.20. The average Bonchev–Trinajstić information content (AvgIpc) is 2.22. The minimum absolute atomic E-state index is 0.124. The summed E-state index contributed by atoms with van der Waals surface area (Å²) in [5.74, 6) is 2.46. The van der Waals surface area contributed by atoms with Crippen molar-refractivity contribution in [3.05, 3.63) is 35.1 Å². The average molecular weight is 205 g/mol. The minimum atomic E-state index is -0.172. The van der Waals surface area contributed by atoms with Crippen LogP contribution >= 0.6 is 0 Å². The molecular weight excluding hydrogens is 189 g/mol. The van der Waals surface area contributed by atoms with Crippen molar-refractivity contribution in [1.82, 2.24) is 5.32 Å². The van der Waals surface area contributed by atoms with E-state index in [4.69, 9.17) is 6.42 Å². The van der Waals surface area contributed by atoms with E-state index in [0.29, 0.717) is 12.0 Å². The number of aryl methyl sites for hydroxylation is 1. The summed E-state index contributed by atoms with van der Waals surface area (Å²) in [5.41, 5.74) is 1.71. The summed E-state index contributed by atoms with van der Waals surface area (Å²) in [6.45, 7) is 4.64. The summed E-state index contributed by atoms with van der Waals surface area (Å²) in [6, 6.07) is 5.25. The molecule has 1 aromatic carbocycles. The molecule has 0 radical (unpaired) electrons. The second-order valence-electron chi connectivity index (χ2n) is 3.53. The summed E-state index contributed by atoms with van der Waals surface area (Å²) in [6.07, 6.45) is 5.92. The molecule has 0 heterocycles. The molecule has 1 rings (SSSR count). The molecule has 0 aromatic heterocycles. The van der Waals surface area contributed by atoms with Crippen LogP contribution in [0, 0.1) is 25.1 Å². The van der Waals surface area contributed by atoms with Gasteiger partial charge in [-0.3, -0.25) is 0 Å². The van der Waals surface area contributed by atoms with Gasteiger partial charge in [-0.15, -0.1) is 12.3 Å². The molecule has 0 spiro atoms. The Morgan fingerprint density at radius 3 is 2.80 bits per heavy atom. The fourth-order valence-corrected chi connectivity index (χ4v) is 1.56. The van der Waals surface area contributed by atoms with E-state index >= 15 is 0 Å². The van der Waals surface area contributed by atoms with Gasteiger partial charge in [0.25, 0.3) is 0 Å². The van der Waals surface area contributed by atoms with Gasteiger partial charge in [0.1, 0.15) is 5.82 Å². The molecular formula is C13H16FN. The molecule has 1 unspecified atom stereocenters. The van der Waals surface area contributed by atoms with Gasteiger partial charge in [0, 0.05) is 12.5 Å². The summed E-state index contributed by atoms with van der Waals surface area (Å²) in [7, 11) is 0. The maximum atomic E-state index is 13.1. The Balaban J connectivity index is 2.91. The molecule has 0 fully saturated rings. The smallest absolute Gasteiger partial charge is 0.126 e. The number of halogens is 1. The Bertz CT molecular complexity index is 365. The van der Waals surface area contributed by atoms with Gasteiger partial charge in [0.2, 0.25) is 0 Å². The van der Waals surface area contributed by atoms with Gasteiger partial charge in [-0.05, 0) is 30.7 Å². The Labute approximate surface area is 90.7 Å². The van der Waals surface area contributed by atoms with Crippen LogP contribution in [-0.2, 0) is 0 Å². The van der Waals surface area contributed by atoms with Gasteiger partial charge in [-0.2, -0.15) is 0 Å². The van der Waals surface area contributed by atoms with Gasteiger partial charge in [-0.25, -0.2) is 4.39 Å². The van der Waals surface area contributed by atoms with Crippen LogP contribution in [0.4, 0.5) is 4.39 Å². The number of hydrogen-bond donors (Lipinski definition) is 1. The highest BCUT2D eigenvalue weighted by molar-refractivity contribution is 5.27. The third-order valence-corrected chi connectivity index (χ3v) is 2.36. The SMILES string of the molecule is C#CCC(NCC)c1ccc(F)c(C)c1. The molecule has 15 heavy (non-hydrogen) atoms. The first-order valence-electron chi connectivity index (χ1n) is 5.12. The van der Waals surface area contributed by atoms with Crippen LogP contribution in [0.1, 0.15) is 30.5 Å². The van der Waals surface area contributed by atoms with Gasteiger partial charge in [-0.1, -0.05) is 19.1 Å². The highest BCUT2D eigenvalue weighted by Crippen LogP contribution is 2.19. The van der Waals surface area contributed by atoms with E-state index in [1.165, 1.54) is 6.07 Å². The first kappa shape index (κ1) is 11.7. The van der Waals surface area contributed by atoms with Gasteiger partial charge in [0.05, 0.1) is 0 Å². The first-order valence-corrected chi connectivity index (χ1v) is 5.12. The van der Waals surface area contributed by atoms with Crippen molar-refractivity contribution in [2.24, 2.45) is 0 Å². The minimum Gasteiger partial charge on any atom is -0.309 e. The zero-order chi connectivity index (χ0) is 11.3. The third kappa shape index (κ3) is 3.07. The van der Waals surface area contributed by atoms with Crippen molar-refractivity contribution in [3.8, 4) is 12.3 Å². The highest BCUT2D eigenvalue weighted by atomic mass is 19.1. The number of hydrogen-bond acceptors (Lipinski definition) is 1. The molecule has 0 bridgehead atoms. The predicted molar refractivity (Wildman–Crippen MR) is 61.0 cm³/mol. The predicted octanol–water partition coefficient (Wildman–Crippen LogP) is 2.81. The Morgan fingerprint density at radius 2 is 2.27 bits per heavy atom. The van der Waals surface area contributed by atoms with E-state index in [9.17, 15) is 4.39 Å². The van der Waals surface area contributed by atoms with E-state index in [-0.39, 0.29) is 11.9 Å². The van der Waals surface area contributed by atoms with Crippen LogP contribution in [0.2, 0.25) is 0 Å². The van der Waals surface area contributed by atoms with Crippen LogP contribution in [-0.4, -0.2) is 6.54 Å². The summed E-state index contributed by atoms with van der Waals surface area (Å²) in [5, 5.41) is 3.28. The molecule has 0 aliphatic carbocycles. The van der Waals surface area contributed by atoms with E-state index in [2.05, 4.69) is 11.2 Å². The van der Waals surface area contributed by atoms with Crippen LogP contribution in [0.5, 0.6) is 0 Å². The maximum absolute atomic E-state index is 13.1. The van der Waals surface area contributed by atoms with Crippen molar-refractivity contribution in [2.75, 3.05) is 6.54 Å². The third-order valence-electron chi connectivity index (χ3n) is 2.36. The van der Waals surface area contributed by atoms with Crippen molar-refractivity contribution < 1.29 is 4.39 Å². The quantitative estimate of drug-likeness (QED) is 0.745. The lowest BCUT2D eigenvalue weighted by molar-refractivity contribution is 0.560. The molecule has 0 saturated carbocycles. The number of rotatable bonds is 4. The summed E-state index contributed by atoms with van der Waals surface area (Å²) in [4.78, 5) is 0. The van der Waals surface area contributed by atoms with Crippen molar-refractivity contribution in [2.45, 2.75) is 26.3 Å². The monoisotopic (exact) mass is 205 g/mol. The second-order valence-corrected chi connectivity index (χ2v) is 3.53. The zero-order valence-corrected chi connectivity index (χ0v) is 9.18. The molecule has 1 nitrogen and oxygen atoms in total. The van der Waals surface area contributed by atoms with Gasteiger partial charge < -0.3 is 5.32 Å². The van der Waals surface area contributed by atoms with Crippen molar-refractivity contribution in [3.63, 3.8) is 0 Å². The molecule has 1 aromatic rings. The topological polar surface area (TPSA) is 12.0 Å². The van der Waals surface area contributed by atoms with Crippen LogP contribution in [0.25, 0.3) is 0 Å². The Kier molecular flexibility index (Phi) is 4.33. The standard InChI is InChI=1S/C13H16FN/c1-4-6-13(15-5-2)11-7-8-12(14)10(3)9-11/h1,7-9,13,15H,5-6H2,2-3H3. The number of terminal acetylenes is 1. The number of nitrogens with one attached hydrogen (secondary N) is 1. The number of benzene rings is 1. The van der Waals surface area contributed by atoms with Crippen LogP contribution < -0.4 is 5.32 Å². The maximum Gasteiger partial charge on any atom is 0.126 e. The second kappa shape index (κ2) is 5.53. The Morgan fingerprint density at radius 1 is 1.53 bits per heavy atom. The van der Waals surface area contributed by atoms with Gasteiger partial charge >= 0.3 is 0 Å². The zero-order valence-electron chi connectivity index (χ0n) is 9.18. The van der Waals surface area contributed by atoms with Crippen molar-refractivity contribution >= 4 is 0 Å². The molecule has 1 N–H and O–H groups in total. The van der Waals surface area contributed by atoms with E-state index < -0.39 is 0 Å². The van der Waals surface area contributed by atoms with E-state index in [1.807, 2.05) is 13.0 Å². The molecule has 1 atom stereocenters. The summed E-state index contributed by atoms with van der Waals surface area (Å²) < 4.78 is 13.1. The molecule has 0 aliphatic rings.